The van der Waals surface area contributed by atoms with Crippen LogP contribution in [0.15, 0.2) is 30.5 Å². The summed E-state index contributed by atoms with van der Waals surface area (Å²) in [4.78, 5) is 10.7. The van der Waals surface area contributed by atoms with Crippen LogP contribution in [0.3, 0.4) is 0 Å². The predicted octanol–water partition coefficient (Wildman–Crippen LogP) is 2.97. The van der Waals surface area contributed by atoms with Gasteiger partial charge in [-0.25, -0.2) is 4.98 Å². The van der Waals surface area contributed by atoms with Gasteiger partial charge in [0.05, 0.1) is 13.2 Å². The number of halogens is 3. The van der Waals surface area contributed by atoms with E-state index in [9.17, 15) is 13.2 Å². The fourth-order valence-corrected chi connectivity index (χ4v) is 2.89. The molecule has 0 spiro atoms. The summed E-state index contributed by atoms with van der Waals surface area (Å²) in [6, 6.07) is 5.44. The Bertz CT molecular complexity index is 782. The van der Waals surface area contributed by atoms with E-state index in [4.69, 9.17) is 10.5 Å². The Kier molecular flexibility index (Phi) is 6.53. The van der Waals surface area contributed by atoms with E-state index in [1.165, 1.54) is 18.2 Å². The molecule has 3 rings (SSSR count). The lowest BCUT2D eigenvalue weighted by Gasteiger charge is -2.26. The number of alkyl halides is 3. The number of aromatic nitrogens is 2. The van der Waals surface area contributed by atoms with Gasteiger partial charge in [-0.05, 0) is 31.5 Å². The van der Waals surface area contributed by atoms with Crippen LogP contribution in [0.2, 0.25) is 0 Å². The molecule has 1 aliphatic heterocycles. The van der Waals surface area contributed by atoms with Gasteiger partial charge in [-0.2, -0.15) is 4.98 Å². The van der Waals surface area contributed by atoms with Gasteiger partial charge in [0.2, 0.25) is 5.95 Å². The van der Waals surface area contributed by atoms with Crippen LogP contribution in [0.4, 0.5) is 30.6 Å². The zero-order valence-corrected chi connectivity index (χ0v) is 15.2. The molecule has 0 bridgehead atoms. The Morgan fingerprint density at radius 1 is 1.25 bits per heavy atom. The monoisotopic (exact) mass is 397 g/mol. The first-order chi connectivity index (χ1) is 13.4. The highest BCUT2D eigenvalue weighted by Crippen LogP contribution is 2.26. The van der Waals surface area contributed by atoms with E-state index in [1.807, 2.05) is 0 Å². The Morgan fingerprint density at radius 3 is 2.75 bits per heavy atom. The number of benzene rings is 1. The molecule has 2 aromatic rings. The maximum Gasteiger partial charge on any atom is 0.573 e. The average Bonchev–Trinajstić information content (AvgIpc) is 2.63. The fraction of sp³-hybridized carbons (Fsp3) is 0.444. The van der Waals surface area contributed by atoms with E-state index >= 15 is 0 Å². The fourth-order valence-electron chi connectivity index (χ4n) is 2.89. The molecule has 28 heavy (non-hydrogen) atoms. The van der Waals surface area contributed by atoms with Crippen LogP contribution < -0.4 is 15.8 Å². The van der Waals surface area contributed by atoms with Crippen LogP contribution in [0.5, 0.6) is 5.75 Å². The second-order valence-electron chi connectivity index (χ2n) is 6.36. The number of ether oxygens (including phenoxy) is 2. The van der Waals surface area contributed by atoms with E-state index in [1.54, 1.807) is 12.3 Å². The van der Waals surface area contributed by atoms with Crippen molar-refractivity contribution >= 4 is 17.5 Å². The lowest BCUT2D eigenvalue weighted by atomic mass is 10.1. The number of hydrogen-bond acceptors (Lipinski definition) is 7. The number of anilines is 3. The summed E-state index contributed by atoms with van der Waals surface area (Å²) in [7, 11) is 0. The largest absolute Gasteiger partial charge is 0.573 e. The van der Waals surface area contributed by atoms with Crippen LogP contribution in [-0.2, 0) is 11.2 Å². The first kappa shape index (κ1) is 20.2. The second-order valence-corrected chi connectivity index (χ2v) is 6.36. The Hall–Kier alpha value is -2.59. The molecular weight excluding hydrogens is 375 g/mol. The molecule has 0 unspecified atom stereocenters. The normalized spacial score (nSPS) is 15.4. The summed E-state index contributed by atoms with van der Waals surface area (Å²) < 4.78 is 46.2. The van der Waals surface area contributed by atoms with Crippen molar-refractivity contribution in [3.63, 3.8) is 0 Å². The molecule has 2 heterocycles. The Morgan fingerprint density at radius 2 is 2.04 bits per heavy atom. The number of nitrogens with zero attached hydrogens (tertiary/aromatic N) is 3. The minimum atomic E-state index is -4.75. The molecule has 0 saturated carbocycles. The molecule has 0 atom stereocenters. The van der Waals surface area contributed by atoms with Crippen molar-refractivity contribution in [2.75, 3.05) is 43.9 Å². The van der Waals surface area contributed by atoms with Gasteiger partial charge in [0.1, 0.15) is 11.6 Å². The molecule has 1 aromatic carbocycles. The van der Waals surface area contributed by atoms with Crippen molar-refractivity contribution in [3.05, 3.63) is 36.0 Å². The van der Waals surface area contributed by atoms with Crippen molar-refractivity contribution < 1.29 is 22.6 Å². The van der Waals surface area contributed by atoms with Gasteiger partial charge in [0.15, 0.2) is 0 Å². The molecule has 3 N–H and O–H groups in total. The van der Waals surface area contributed by atoms with Crippen LogP contribution in [0.1, 0.15) is 12.0 Å². The first-order valence-corrected chi connectivity index (χ1v) is 8.93. The van der Waals surface area contributed by atoms with Gasteiger partial charge < -0.3 is 20.5 Å². The molecule has 1 saturated heterocycles. The van der Waals surface area contributed by atoms with Crippen LogP contribution in [0, 0.1) is 0 Å². The van der Waals surface area contributed by atoms with E-state index in [-0.39, 0.29) is 11.7 Å². The van der Waals surface area contributed by atoms with E-state index < -0.39 is 6.36 Å². The van der Waals surface area contributed by atoms with Gasteiger partial charge in [-0.15, -0.1) is 13.2 Å². The average molecular weight is 397 g/mol. The Labute approximate surface area is 160 Å². The van der Waals surface area contributed by atoms with Gasteiger partial charge in [-0.1, -0.05) is 6.07 Å². The third kappa shape index (κ3) is 6.24. The lowest BCUT2D eigenvalue weighted by Crippen LogP contribution is -2.36. The molecule has 1 aromatic heterocycles. The number of rotatable bonds is 7. The zero-order chi connectivity index (χ0) is 20.0. The van der Waals surface area contributed by atoms with Crippen molar-refractivity contribution in [2.45, 2.75) is 19.2 Å². The number of nitrogen functional groups attached to an aromatic ring is 1. The maximum atomic E-state index is 12.3. The third-order valence-corrected chi connectivity index (χ3v) is 4.25. The number of aryl methyl sites for hydroxylation is 1. The smallest absolute Gasteiger partial charge is 0.406 e. The van der Waals surface area contributed by atoms with Gasteiger partial charge in [0, 0.05) is 36.6 Å². The van der Waals surface area contributed by atoms with Crippen molar-refractivity contribution in [1.82, 2.24) is 14.9 Å². The lowest BCUT2D eigenvalue weighted by molar-refractivity contribution is -0.274. The van der Waals surface area contributed by atoms with Crippen molar-refractivity contribution in [1.29, 1.82) is 0 Å². The summed E-state index contributed by atoms with van der Waals surface area (Å²) >= 11 is 0. The number of nitrogens with two attached hydrogens (primary N) is 1. The summed E-state index contributed by atoms with van der Waals surface area (Å²) in [5.41, 5.74) is 7.21. The standard InChI is InChI=1S/C18H22F3N5O2/c19-18(20,21)28-15-5-1-4-14(11-15)24-17-23-12-13(16(22)25-17)3-2-6-26-7-9-27-10-8-26/h1,4-5,11-12H,2-3,6-10H2,(H3,22,23,24,25). The quantitative estimate of drug-likeness (QED) is 0.743. The van der Waals surface area contributed by atoms with Crippen LogP contribution >= 0.6 is 0 Å². The van der Waals surface area contributed by atoms with E-state index in [0.717, 1.165) is 51.3 Å². The van der Waals surface area contributed by atoms with E-state index in [0.29, 0.717) is 11.5 Å². The number of hydrogen-bond donors (Lipinski definition) is 2. The minimum Gasteiger partial charge on any atom is -0.406 e. The molecule has 152 valence electrons. The van der Waals surface area contributed by atoms with Crippen molar-refractivity contribution in [3.8, 4) is 5.75 Å². The summed E-state index contributed by atoms with van der Waals surface area (Å²) in [6.45, 7) is 4.36. The number of morpholine rings is 1. The highest BCUT2D eigenvalue weighted by molar-refractivity contribution is 5.57. The van der Waals surface area contributed by atoms with Crippen LogP contribution in [-0.4, -0.2) is 54.1 Å². The number of nitrogens with one attached hydrogen (secondary N) is 1. The second kappa shape index (κ2) is 9.07. The molecule has 1 fully saturated rings. The van der Waals surface area contributed by atoms with E-state index in [2.05, 4.69) is 24.9 Å². The van der Waals surface area contributed by atoms with Gasteiger partial charge in [0.25, 0.3) is 0 Å². The summed E-state index contributed by atoms with van der Waals surface area (Å²) in [5.74, 6) is 0.228. The zero-order valence-electron chi connectivity index (χ0n) is 15.2. The molecule has 0 aliphatic carbocycles. The molecule has 10 heteroatoms. The van der Waals surface area contributed by atoms with Gasteiger partial charge >= 0.3 is 6.36 Å². The molecule has 7 nitrogen and oxygen atoms in total. The third-order valence-electron chi connectivity index (χ3n) is 4.25. The molecular formula is C18H22F3N5O2. The van der Waals surface area contributed by atoms with Crippen LogP contribution in [0.25, 0.3) is 0 Å². The molecule has 0 radical (unpaired) electrons. The first-order valence-electron chi connectivity index (χ1n) is 8.93. The maximum absolute atomic E-state index is 12.3. The van der Waals surface area contributed by atoms with Crippen molar-refractivity contribution in [2.24, 2.45) is 0 Å². The Balaban J connectivity index is 1.55. The summed E-state index contributed by atoms with van der Waals surface area (Å²) in [5, 5.41) is 2.83. The minimum absolute atomic E-state index is 0.207. The molecule has 1 aliphatic rings. The molecule has 0 amide bonds. The topological polar surface area (TPSA) is 85.5 Å². The van der Waals surface area contributed by atoms with Gasteiger partial charge in [-0.3, -0.25) is 4.90 Å². The highest BCUT2D eigenvalue weighted by atomic mass is 19.4. The highest BCUT2D eigenvalue weighted by Gasteiger charge is 2.31. The SMILES string of the molecule is Nc1nc(Nc2cccc(OC(F)(F)F)c2)ncc1CCCN1CCOCC1. The summed E-state index contributed by atoms with van der Waals surface area (Å²) in [6.07, 6.45) is -1.43. The predicted molar refractivity (Wildman–Crippen MR) is 98.4 cm³/mol.